The lowest BCUT2D eigenvalue weighted by Gasteiger charge is -2.15. The van der Waals surface area contributed by atoms with Gasteiger partial charge in [0.05, 0.1) is 5.69 Å². The average Bonchev–Trinajstić information content (AvgIpc) is 3.03. The molecule has 1 aromatic heterocycles. The Bertz CT molecular complexity index is 775. The van der Waals surface area contributed by atoms with Crippen LogP contribution in [-0.4, -0.2) is 16.9 Å². The maximum absolute atomic E-state index is 12.5. The topological polar surface area (TPSA) is 57.6 Å². The highest BCUT2D eigenvalue weighted by atomic mass is 32.1. The predicted molar refractivity (Wildman–Crippen MR) is 82.3 cm³/mol. The minimum absolute atomic E-state index is 0.0771. The second kappa shape index (κ2) is 4.86. The van der Waals surface area contributed by atoms with Gasteiger partial charge >= 0.3 is 5.91 Å². The highest BCUT2D eigenvalue weighted by molar-refractivity contribution is 7.11. The van der Waals surface area contributed by atoms with Crippen molar-refractivity contribution in [2.24, 2.45) is 0 Å². The fourth-order valence-corrected chi connectivity index (χ4v) is 3.02. The summed E-state index contributed by atoms with van der Waals surface area (Å²) < 4.78 is 0. The van der Waals surface area contributed by atoms with Crippen molar-refractivity contribution in [2.75, 3.05) is 4.90 Å². The summed E-state index contributed by atoms with van der Waals surface area (Å²) in [6, 6.07) is 8.83. The molecular formula is C16H13NO3S. The summed E-state index contributed by atoms with van der Waals surface area (Å²) in [4.78, 5) is 26.4. The molecule has 5 heteroatoms. The summed E-state index contributed by atoms with van der Waals surface area (Å²) in [5, 5.41) is 11.8. The standard InChI is InChI=1S/C16H13NO3S/c1-9-5-6-11(8-10(9)2)17-15(19)13(14(18)16(17)20)12-4-3-7-21-12/h3-8,18H,1-2H3. The normalized spacial score (nSPS) is 15.2. The van der Waals surface area contributed by atoms with E-state index in [-0.39, 0.29) is 5.57 Å². The van der Waals surface area contributed by atoms with Gasteiger partial charge in [0.2, 0.25) is 0 Å². The maximum atomic E-state index is 12.5. The number of nitrogens with zero attached hydrogens (tertiary/aromatic N) is 1. The molecule has 1 aliphatic heterocycles. The van der Waals surface area contributed by atoms with Gasteiger partial charge in [0.15, 0.2) is 5.76 Å². The van der Waals surface area contributed by atoms with Crippen LogP contribution < -0.4 is 4.90 Å². The Hall–Kier alpha value is -2.40. The van der Waals surface area contributed by atoms with Crippen LogP contribution >= 0.6 is 11.3 Å². The third kappa shape index (κ3) is 2.06. The van der Waals surface area contributed by atoms with E-state index < -0.39 is 17.6 Å². The van der Waals surface area contributed by atoms with Crippen molar-refractivity contribution in [1.29, 1.82) is 0 Å². The molecule has 0 fully saturated rings. The molecular weight excluding hydrogens is 286 g/mol. The molecule has 0 atom stereocenters. The van der Waals surface area contributed by atoms with Gasteiger partial charge in [-0.15, -0.1) is 11.3 Å². The van der Waals surface area contributed by atoms with Crippen molar-refractivity contribution in [3.8, 4) is 0 Å². The number of hydrogen-bond acceptors (Lipinski definition) is 4. The van der Waals surface area contributed by atoms with Crippen molar-refractivity contribution in [1.82, 2.24) is 0 Å². The number of aryl methyl sites for hydroxylation is 2. The van der Waals surface area contributed by atoms with Crippen LogP contribution in [0.4, 0.5) is 5.69 Å². The number of thiophene rings is 1. The Kier molecular flexibility index (Phi) is 3.14. The molecule has 2 aromatic rings. The van der Waals surface area contributed by atoms with Crippen molar-refractivity contribution in [3.05, 3.63) is 57.5 Å². The lowest BCUT2D eigenvalue weighted by molar-refractivity contribution is -0.121. The molecule has 1 N–H and O–H groups in total. The maximum Gasteiger partial charge on any atom is 0.301 e. The van der Waals surface area contributed by atoms with E-state index in [1.165, 1.54) is 11.3 Å². The zero-order valence-electron chi connectivity index (χ0n) is 11.6. The smallest absolute Gasteiger partial charge is 0.301 e. The summed E-state index contributed by atoms with van der Waals surface area (Å²) in [6.07, 6.45) is 0. The third-order valence-corrected chi connectivity index (χ3v) is 4.46. The van der Waals surface area contributed by atoms with Crippen molar-refractivity contribution >= 4 is 34.4 Å². The van der Waals surface area contributed by atoms with Crippen LogP contribution in [0.25, 0.3) is 5.57 Å². The van der Waals surface area contributed by atoms with Crippen LogP contribution in [0.15, 0.2) is 41.5 Å². The van der Waals surface area contributed by atoms with Gasteiger partial charge in [-0.05, 0) is 48.6 Å². The number of imide groups is 1. The van der Waals surface area contributed by atoms with Crippen LogP contribution in [0.1, 0.15) is 16.0 Å². The van der Waals surface area contributed by atoms with E-state index in [9.17, 15) is 14.7 Å². The van der Waals surface area contributed by atoms with Crippen LogP contribution in [0.2, 0.25) is 0 Å². The molecule has 21 heavy (non-hydrogen) atoms. The van der Waals surface area contributed by atoms with Crippen LogP contribution in [-0.2, 0) is 9.59 Å². The number of carbonyl (C=O) groups excluding carboxylic acids is 2. The van der Waals surface area contributed by atoms with Gasteiger partial charge in [0.25, 0.3) is 5.91 Å². The first kappa shape index (κ1) is 13.6. The first-order valence-electron chi connectivity index (χ1n) is 6.44. The average molecular weight is 299 g/mol. The highest BCUT2D eigenvalue weighted by Crippen LogP contribution is 2.34. The largest absolute Gasteiger partial charge is 0.502 e. The van der Waals surface area contributed by atoms with Crippen molar-refractivity contribution in [3.63, 3.8) is 0 Å². The summed E-state index contributed by atoms with van der Waals surface area (Å²) in [6.45, 7) is 3.87. The number of amides is 2. The molecule has 0 saturated heterocycles. The van der Waals surface area contributed by atoms with Gasteiger partial charge in [-0.2, -0.15) is 0 Å². The van der Waals surface area contributed by atoms with E-state index in [1.54, 1.807) is 29.6 Å². The number of carbonyl (C=O) groups is 2. The third-order valence-electron chi connectivity index (χ3n) is 3.58. The molecule has 0 spiro atoms. The Morgan fingerprint density at radius 1 is 1.05 bits per heavy atom. The molecule has 2 amide bonds. The Labute approximate surface area is 126 Å². The summed E-state index contributed by atoms with van der Waals surface area (Å²) >= 11 is 1.31. The second-order valence-corrected chi connectivity index (χ2v) is 5.86. The van der Waals surface area contributed by atoms with E-state index in [4.69, 9.17) is 0 Å². The SMILES string of the molecule is Cc1ccc(N2C(=O)C(O)=C(c3cccs3)C2=O)cc1C. The number of rotatable bonds is 2. The highest BCUT2D eigenvalue weighted by Gasteiger charge is 2.40. The molecule has 1 aliphatic rings. The first-order chi connectivity index (χ1) is 10.0. The molecule has 106 valence electrons. The van der Waals surface area contributed by atoms with Crippen molar-refractivity contribution < 1.29 is 14.7 Å². The van der Waals surface area contributed by atoms with E-state index >= 15 is 0 Å². The predicted octanol–water partition coefficient (Wildman–Crippen LogP) is 3.21. The molecule has 1 aromatic carbocycles. The van der Waals surface area contributed by atoms with Gasteiger partial charge in [0.1, 0.15) is 5.57 Å². The number of aliphatic hydroxyl groups is 1. The van der Waals surface area contributed by atoms with E-state index in [1.807, 2.05) is 19.9 Å². The van der Waals surface area contributed by atoms with Gasteiger partial charge in [-0.25, -0.2) is 4.90 Å². The van der Waals surface area contributed by atoms with Crippen molar-refractivity contribution in [2.45, 2.75) is 13.8 Å². The molecule has 3 rings (SSSR count). The quantitative estimate of drug-likeness (QED) is 0.866. The van der Waals surface area contributed by atoms with Crippen LogP contribution in [0, 0.1) is 13.8 Å². The number of benzene rings is 1. The first-order valence-corrected chi connectivity index (χ1v) is 7.32. The fraction of sp³-hybridized carbons (Fsp3) is 0.125. The zero-order chi connectivity index (χ0) is 15.1. The zero-order valence-corrected chi connectivity index (χ0v) is 12.4. The monoisotopic (exact) mass is 299 g/mol. The molecule has 0 unspecified atom stereocenters. The Morgan fingerprint density at radius 2 is 1.81 bits per heavy atom. The van der Waals surface area contributed by atoms with Gasteiger partial charge in [0, 0.05) is 4.88 Å². The van der Waals surface area contributed by atoms with Gasteiger partial charge in [-0.1, -0.05) is 12.1 Å². The van der Waals surface area contributed by atoms with E-state index in [2.05, 4.69) is 0 Å². The van der Waals surface area contributed by atoms with Gasteiger partial charge < -0.3 is 5.11 Å². The summed E-state index contributed by atoms with van der Waals surface area (Å²) in [5.41, 5.74) is 2.62. The Morgan fingerprint density at radius 3 is 2.43 bits per heavy atom. The lowest BCUT2D eigenvalue weighted by Crippen LogP contribution is -2.31. The van der Waals surface area contributed by atoms with Crippen LogP contribution in [0.5, 0.6) is 0 Å². The minimum Gasteiger partial charge on any atom is -0.502 e. The molecule has 0 bridgehead atoms. The molecule has 0 radical (unpaired) electrons. The number of hydrogen-bond donors (Lipinski definition) is 1. The number of anilines is 1. The molecule has 4 nitrogen and oxygen atoms in total. The van der Waals surface area contributed by atoms with Crippen LogP contribution in [0.3, 0.4) is 0 Å². The minimum atomic E-state index is -0.674. The molecule has 0 saturated carbocycles. The molecule has 2 heterocycles. The Balaban J connectivity index is 2.06. The van der Waals surface area contributed by atoms with Gasteiger partial charge in [-0.3, -0.25) is 9.59 Å². The lowest BCUT2D eigenvalue weighted by atomic mass is 10.1. The summed E-state index contributed by atoms with van der Waals surface area (Å²) in [5.74, 6) is -1.64. The number of aliphatic hydroxyl groups excluding tert-OH is 1. The van der Waals surface area contributed by atoms with E-state index in [0.29, 0.717) is 10.6 Å². The fourth-order valence-electron chi connectivity index (χ4n) is 2.26. The summed E-state index contributed by atoms with van der Waals surface area (Å²) in [7, 11) is 0. The molecule has 0 aliphatic carbocycles. The second-order valence-electron chi connectivity index (χ2n) is 4.92. The van der Waals surface area contributed by atoms with E-state index in [0.717, 1.165) is 16.0 Å².